The van der Waals surface area contributed by atoms with E-state index in [4.69, 9.17) is 11.6 Å². The molecule has 2 aromatic rings. The number of hydrogen-bond donors (Lipinski definition) is 1. The van der Waals surface area contributed by atoms with Crippen LogP contribution in [0.1, 0.15) is 30.6 Å². The third-order valence-electron chi connectivity index (χ3n) is 3.42. The van der Waals surface area contributed by atoms with Gasteiger partial charge in [0.1, 0.15) is 17.2 Å². The predicted octanol–water partition coefficient (Wildman–Crippen LogP) is 2.68. The van der Waals surface area contributed by atoms with E-state index in [1.165, 1.54) is 6.07 Å². The summed E-state index contributed by atoms with van der Waals surface area (Å²) < 4.78 is 28.9. The first-order valence-electron chi connectivity index (χ1n) is 6.25. The van der Waals surface area contributed by atoms with Crippen molar-refractivity contribution in [1.82, 2.24) is 14.9 Å². The molecule has 1 amide bonds. The summed E-state index contributed by atoms with van der Waals surface area (Å²) in [7, 11) is 0. The zero-order chi connectivity index (χ0) is 14.4. The molecule has 4 nitrogen and oxygen atoms in total. The fourth-order valence-corrected chi connectivity index (χ4v) is 2.73. The number of carbonyl (C=O) groups is 1. The number of imidazole rings is 1. The van der Waals surface area contributed by atoms with E-state index in [9.17, 15) is 13.6 Å². The quantitative estimate of drug-likeness (QED) is 0.867. The molecule has 7 heteroatoms. The number of fused-ring (bicyclic) bond motifs is 1. The van der Waals surface area contributed by atoms with Gasteiger partial charge >= 0.3 is 0 Å². The topological polar surface area (TPSA) is 46.9 Å². The lowest BCUT2D eigenvalue weighted by molar-refractivity contribution is -0.119. The minimum absolute atomic E-state index is 0.0771. The van der Waals surface area contributed by atoms with Gasteiger partial charge in [0.15, 0.2) is 5.82 Å². The van der Waals surface area contributed by atoms with Crippen molar-refractivity contribution in [3.8, 4) is 0 Å². The van der Waals surface area contributed by atoms with Crippen LogP contribution in [0.25, 0.3) is 11.0 Å². The van der Waals surface area contributed by atoms with E-state index < -0.39 is 17.0 Å². The Kier molecular flexibility index (Phi) is 3.12. The van der Waals surface area contributed by atoms with E-state index in [0.29, 0.717) is 17.9 Å². The Morgan fingerprint density at radius 3 is 2.85 bits per heavy atom. The molecule has 1 fully saturated rings. The van der Waals surface area contributed by atoms with Crippen molar-refractivity contribution in [2.45, 2.75) is 24.8 Å². The van der Waals surface area contributed by atoms with Crippen LogP contribution < -0.4 is 5.32 Å². The number of alkyl halides is 1. The van der Waals surface area contributed by atoms with Crippen LogP contribution in [0.5, 0.6) is 0 Å². The van der Waals surface area contributed by atoms with E-state index in [0.717, 1.165) is 6.07 Å². The molecule has 1 aromatic heterocycles. The smallest absolute Gasteiger partial charge is 0.222 e. The standard InChI is InChI=1S/C13H12ClF2N3O/c1-6(14)13-18-12-9(16)2-7(15)3-10(12)19(13)8-4-11(20)17-5-8/h2-3,6,8H,4-5H2,1H3,(H,17,20). The molecule has 1 aliphatic rings. The van der Waals surface area contributed by atoms with Gasteiger partial charge in [0.25, 0.3) is 0 Å². The average molecular weight is 300 g/mol. The van der Waals surface area contributed by atoms with E-state index in [-0.39, 0.29) is 23.9 Å². The van der Waals surface area contributed by atoms with Crippen LogP contribution in [0.15, 0.2) is 12.1 Å². The van der Waals surface area contributed by atoms with Gasteiger partial charge in [-0.25, -0.2) is 13.8 Å². The predicted molar refractivity (Wildman–Crippen MR) is 70.6 cm³/mol. The first-order valence-corrected chi connectivity index (χ1v) is 6.68. The van der Waals surface area contributed by atoms with Crippen LogP contribution in [0, 0.1) is 11.6 Å². The molecule has 0 radical (unpaired) electrons. The maximum atomic E-state index is 13.8. The molecule has 2 unspecified atom stereocenters. The van der Waals surface area contributed by atoms with Crippen LogP contribution in [-0.2, 0) is 4.79 Å². The van der Waals surface area contributed by atoms with Gasteiger partial charge in [-0.15, -0.1) is 11.6 Å². The highest BCUT2D eigenvalue weighted by atomic mass is 35.5. The molecule has 0 bridgehead atoms. The van der Waals surface area contributed by atoms with Crippen molar-refractivity contribution in [2.75, 3.05) is 6.54 Å². The highest BCUT2D eigenvalue weighted by Crippen LogP contribution is 2.32. The second-order valence-electron chi connectivity index (χ2n) is 4.87. The number of halogens is 3. The van der Waals surface area contributed by atoms with Gasteiger partial charge in [0, 0.05) is 19.0 Å². The van der Waals surface area contributed by atoms with Crippen molar-refractivity contribution in [2.24, 2.45) is 0 Å². The Morgan fingerprint density at radius 2 is 2.25 bits per heavy atom. The van der Waals surface area contributed by atoms with Gasteiger partial charge in [0.2, 0.25) is 5.91 Å². The molecular weight excluding hydrogens is 288 g/mol. The fourth-order valence-electron chi connectivity index (χ4n) is 2.58. The Hall–Kier alpha value is -1.69. The summed E-state index contributed by atoms with van der Waals surface area (Å²) in [6, 6.07) is 1.78. The number of nitrogens with one attached hydrogen (secondary N) is 1. The molecular formula is C13H12ClF2N3O. The first kappa shape index (κ1) is 13.3. The molecule has 2 heterocycles. The van der Waals surface area contributed by atoms with Gasteiger partial charge in [-0.05, 0) is 13.0 Å². The lowest BCUT2D eigenvalue weighted by Gasteiger charge is -2.16. The maximum absolute atomic E-state index is 13.8. The largest absolute Gasteiger partial charge is 0.354 e. The first-order chi connectivity index (χ1) is 9.47. The average Bonchev–Trinajstić information content (AvgIpc) is 2.92. The van der Waals surface area contributed by atoms with Crippen molar-refractivity contribution < 1.29 is 13.6 Å². The zero-order valence-corrected chi connectivity index (χ0v) is 11.4. The molecule has 1 saturated heterocycles. The number of aromatic nitrogens is 2. The molecule has 1 N–H and O–H groups in total. The third kappa shape index (κ3) is 2.04. The zero-order valence-electron chi connectivity index (χ0n) is 10.7. The molecule has 1 aromatic carbocycles. The summed E-state index contributed by atoms with van der Waals surface area (Å²) in [6.45, 7) is 2.11. The van der Waals surface area contributed by atoms with Gasteiger partial charge < -0.3 is 9.88 Å². The maximum Gasteiger partial charge on any atom is 0.222 e. The highest BCUT2D eigenvalue weighted by Gasteiger charge is 2.29. The number of amides is 1. The van der Waals surface area contributed by atoms with Gasteiger partial charge in [-0.3, -0.25) is 4.79 Å². The minimum atomic E-state index is -0.727. The molecule has 106 valence electrons. The third-order valence-corrected chi connectivity index (χ3v) is 3.61. The SMILES string of the molecule is CC(Cl)c1nc2c(F)cc(F)cc2n1C1CNC(=O)C1. The number of carbonyl (C=O) groups excluding carboxylic acids is 1. The van der Waals surface area contributed by atoms with Gasteiger partial charge in [-0.1, -0.05) is 0 Å². The van der Waals surface area contributed by atoms with Crippen LogP contribution in [0.4, 0.5) is 8.78 Å². The van der Waals surface area contributed by atoms with Crippen molar-refractivity contribution in [3.63, 3.8) is 0 Å². The van der Waals surface area contributed by atoms with Crippen molar-refractivity contribution in [1.29, 1.82) is 0 Å². The molecule has 2 atom stereocenters. The fraction of sp³-hybridized carbons (Fsp3) is 0.385. The molecule has 20 heavy (non-hydrogen) atoms. The number of benzene rings is 1. The Labute approximate surface area is 118 Å². The van der Waals surface area contributed by atoms with Gasteiger partial charge in [0.05, 0.1) is 16.9 Å². The lowest BCUT2D eigenvalue weighted by atomic mass is 10.2. The summed E-state index contributed by atoms with van der Waals surface area (Å²) in [5, 5.41) is 2.23. The molecule has 1 aliphatic heterocycles. The Bertz CT molecular complexity index is 698. The monoisotopic (exact) mass is 299 g/mol. The summed E-state index contributed by atoms with van der Waals surface area (Å²) in [4.78, 5) is 15.5. The second kappa shape index (κ2) is 4.70. The van der Waals surface area contributed by atoms with Crippen LogP contribution in [-0.4, -0.2) is 22.0 Å². The van der Waals surface area contributed by atoms with E-state index in [1.54, 1.807) is 11.5 Å². The van der Waals surface area contributed by atoms with Crippen molar-refractivity contribution >= 4 is 28.5 Å². The second-order valence-corrected chi connectivity index (χ2v) is 5.53. The van der Waals surface area contributed by atoms with Crippen molar-refractivity contribution in [3.05, 3.63) is 29.6 Å². The van der Waals surface area contributed by atoms with Crippen LogP contribution >= 0.6 is 11.6 Å². The van der Waals surface area contributed by atoms with Gasteiger partial charge in [-0.2, -0.15) is 0 Å². The number of nitrogens with zero attached hydrogens (tertiary/aromatic N) is 2. The van der Waals surface area contributed by atoms with Crippen LogP contribution in [0.3, 0.4) is 0 Å². The van der Waals surface area contributed by atoms with E-state index in [2.05, 4.69) is 10.3 Å². The molecule has 0 saturated carbocycles. The summed E-state index contributed by atoms with van der Waals surface area (Å²) in [6.07, 6.45) is 0.250. The minimum Gasteiger partial charge on any atom is -0.354 e. The van der Waals surface area contributed by atoms with Crippen LogP contribution in [0.2, 0.25) is 0 Å². The number of rotatable bonds is 2. The van der Waals surface area contributed by atoms with E-state index >= 15 is 0 Å². The Balaban J connectivity index is 2.26. The summed E-state index contributed by atoms with van der Waals surface area (Å²) in [5.74, 6) is -1.06. The molecule has 0 aliphatic carbocycles. The normalized spacial score (nSPS) is 20.4. The molecule has 3 rings (SSSR count). The summed E-state index contributed by atoms with van der Waals surface area (Å²) in [5.41, 5.74) is 0.403. The molecule has 0 spiro atoms. The lowest BCUT2D eigenvalue weighted by Crippen LogP contribution is -2.17. The Morgan fingerprint density at radius 1 is 1.50 bits per heavy atom. The highest BCUT2D eigenvalue weighted by molar-refractivity contribution is 6.20. The summed E-state index contributed by atoms with van der Waals surface area (Å²) >= 11 is 6.08. The van der Waals surface area contributed by atoms with E-state index in [1.807, 2.05) is 0 Å². The number of hydrogen-bond acceptors (Lipinski definition) is 2.